The number of carbonyl (C=O) groups excluding carboxylic acids is 2. The van der Waals surface area contributed by atoms with E-state index >= 15 is 0 Å². The fourth-order valence-corrected chi connectivity index (χ4v) is 6.56. The van der Waals surface area contributed by atoms with Gasteiger partial charge in [-0.1, -0.05) is 6.07 Å². The lowest BCUT2D eigenvalue weighted by Gasteiger charge is -2.34. The highest BCUT2D eigenvalue weighted by molar-refractivity contribution is 7.89. The van der Waals surface area contributed by atoms with Gasteiger partial charge in [-0.2, -0.15) is 13.2 Å². The normalized spacial score (nSPS) is 17.4. The van der Waals surface area contributed by atoms with Crippen molar-refractivity contribution in [3.8, 4) is 0 Å². The maximum Gasteiger partial charge on any atom is 0.419 e. The van der Waals surface area contributed by atoms with E-state index in [1.54, 1.807) is 25.1 Å². The zero-order valence-electron chi connectivity index (χ0n) is 22.5. The lowest BCUT2D eigenvalue weighted by Crippen LogP contribution is -2.50. The maximum atomic E-state index is 13.7. The molecule has 2 aromatic carbocycles. The molecule has 0 radical (unpaired) electrons. The van der Waals surface area contributed by atoms with Gasteiger partial charge in [0.15, 0.2) is 0 Å². The Labute approximate surface area is 234 Å². The van der Waals surface area contributed by atoms with Gasteiger partial charge in [-0.25, -0.2) is 17.1 Å². The second-order valence-corrected chi connectivity index (χ2v) is 12.2. The molecule has 0 aromatic heterocycles. The molecule has 41 heavy (non-hydrogen) atoms. The molecule has 2 aliphatic heterocycles. The number of halogens is 4. The first-order valence-electron chi connectivity index (χ1n) is 12.9. The molecule has 1 fully saturated rings. The van der Waals surface area contributed by atoms with Gasteiger partial charge in [0, 0.05) is 37.8 Å². The van der Waals surface area contributed by atoms with Crippen LogP contribution in [0.2, 0.25) is 0 Å². The van der Waals surface area contributed by atoms with E-state index in [2.05, 4.69) is 10.3 Å². The number of carbonyl (C=O) groups is 2. The highest BCUT2D eigenvalue weighted by Gasteiger charge is 2.47. The third-order valence-electron chi connectivity index (χ3n) is 7.44. The standard InChI is InChI=1S/C27H30F4N4O5S/c1-17-15-21(35(12-13-36)18(2)37)5-3-19(17)7-14-41(39,40)34-10-8-26(9-11-34)25(38)32-24(33-26)20-4-6-23(28)22(16-20)27(29,30)31/h3-6,15-16,36H,7-14H2,1-2H3,(H,32,33,38). The molecule has 2 aliphatic rings. The summed E-state index contributed by atoms with van der Waals surface area (Å²) in [5.41, 5.74) is -0.721. The van der Waals surface area contributed by atoms with Crippen LogP contribution in [0, 0.1) is 12.7 Å². The SMILES string of the molecule is CC(=O)N(CCO)c1ccc(CCS(=O)(=O)N2CCC3(CC2)N=C(c2ccc(F)c(C(F)(F)F)c2)NC3=O)c(C)c1. The van der Waals surface area contributed by atoms with Crippen LogP contribution in [0.25, 0.3) is 0 Å². The Morgan fingerprint density at radius 1 is 1.17 bits per heavy atom. The average Bonchev–Trinajstić information content (AvgIpc) is 3.21. The van der Waals surface area contributed by atoms with Crippen molar-refractivity contribution in [3.05, 3.63) is 64.5 Å². The Morgan fingerprint density at radius 3 is 2.44 bits per heavy atom. The van der Waals surface area contributed by atoms with Crippen LogP contribution in [0.1, 0.15) is 42.0 Å². The van der Waals surface area contributed by atoms with Crippen molar-refractivity contribution in [1.82, 2.24) is 9.62 Å². The molecule has 0 atom stereocenters. The Kier molecular flexibility index (Phi) is 8.58. The minimum absolute atomic E-state index is 0.00357. The highest BCUT2D eigenvalue weighted by atomic mass is 32.2. The van der Waals surface area contributed by atoms with Crippen molar-refractivity contribution < 1.29 is 40.7 Å². The molecular formula is C27H30F4N4O5S. The molecule has 4 rings (SSSR count). The number of aryl methyl sites for hydroxylation is 2. The predicted molar refractivity (Wildman–Crippen MR) is 143 cm³/mol. The molecule has 2 aromatic rings. The zero-order valence-corrected chi connectivity index (χ0v) is 23.3. The van der Waals surface area contributed by atoms with Gasteiger partial charge < -0.3 is 15.3 Å². The minimum atomic E-state index is -4.92. The first-order valence-corrected chi connectivity index (χ1v) is 14.5. The molecule has 1 spiro atoms. The van der Waals surface area contributed by atoms with Crippen LogP contribution in [-0.4, -0.2) is 73.0 Å². The second-order valence-electron chi connectivity index (χ2n) is 10.1. The molecule has 2 heterocycles. The van der Waals surface area contributed by atoms with Gasteiger partial charge in [-0.3, -0.25) is 14.6 Å². The third-order valence-corrected chi connectivity index (χ3v) is 9.31. The predicted octanol–water partition coefficient (Wildman–Crippen LogP) is 2.78. The number of sulfonamides is 1. The topological polar surface area (TPSA) is 119 Å². The summed E-state index contributed by atoms with van der Waals surface area (Å²) < 4.78 is 80.7. The van der Waals surface area contributed by atoms with Crippen LogP contribution in [0.15, 0.2) is 41.4 Å². The summed E-state index contributed by atoms with van der Waals surface area (Å²) in [5.74, 6) is -2.51. The number of benzene rings is 2. The van der Waals surface area contributed by atoms with Crippen LogP contribution in [0.3, 0.4) is 0 Å². The third kappa shape index (κ3) is 6.44. The fraction of sp³-hybridized carbons (Fsp3) is 0.444. The number of nitrogens with zero attached hydrogens (tertiary/aromatic N) is 3. The summed E-state index contributed by atoms with van der Waals surface area (Å²) in [7, 11) is -3.71. The Balaban J connectivity index is 1.42. The lowest BCUT2D eigenvalue weighted by molar-refractivity contribution is -0.140. The van der Waals surface area contributed by atoms with Crippen LogP contribution in [0.5, 0.6) is 0 Å². The maximum absolute atomic E-state index is 13.7. The highest BCUT2D eigenvalue weighted by Crippen LogP contribution is 2.35. The van der Waals surface area contributed by atoms with E-state index in [1.165, 1.54) is 16.1 Å². The summed E-state index contributed by atoms with van der Waals surface area (Å²) in [6, 6.07) is 7.56. The van der Waals surface area contributed by atoms with Crippen molar-refractivity contribution in [2.24, 2.45) is 4.99 Å². The molecule has 222 valence electrons. The van der Waals surface area contributed by atoms with E-state index in [0.29, 0.717) is 17.8 Å². The van der Waals surface area contributed by atoms with Gasteiger partial charge in [-0.15, -0.1) is 0 Å². The summed E-state index contributed by atoms with van der Waals surface area (Å²) in [6.45, 7) is 3.13. The van der Waals surface area contributed by atoms with Crippen molar-refractivity contribution in [3.63, 3.8) is 0 Å². The smallest absolute Gasteiger partial charge is 0.395 e. The number of aliphatic imine (C=N–C) groups is 1. The molecule has 0 aliphatic carbocycles. The van der Waals surface area contributed by atoms with E-state index in [1.807, 2.05) is 0 Å². The van der Waals surface area contributed by atoms with E-state index < -0.39 is 39.0 Å². The number of alkyl halides is 3. The number of amides is 2. The number of hydrogen-bond donors (Lipinski definition) is 2. The molecule has 2 amide bonds. The number of rotatable bonds is 8. The molecule has 2 N–H and O–H groups in total. The number of hydrogen-bond acceptors (Lipinski definition) is 6. The van der Waals surface area contributed by atoms with Crippen LogP contribution in [0.4, 0.5) is 23.2 Å². The minimum Gasteiger partial charge on any atom is -0.395 e. The van der Waals surface area contributed by atoms with Gasteiger partial charge in [0.1, 0.15) is 17.2 Å². The number of aliphatic hydroxyl groups is 1. The van der Waals surface area contributed by atoms with Crippen LogP contribution < -0.4 is 10.2 Å². The molecule has 0 unspecified atom stereocenters. The van der Waals surface area contributed by atoms with E-state index in [-0.39, 0.29) is 68.6 Å². The van der Waals surface area contributed by atoms with E-state index in [4.69, 9.17) is 0 Å². The quantitative estimate of drug-likeness (QED) is 0.453. The number of piperidine rings is 1. The van der Waals surface area contributed by atoms with Gasteiger partial charge in [0.25, 0.3) is 5.91 Å². The van der Waals surface area contributed by atoms with Crippen molar-refractivity contribution in [2.75, 3.05) is 36.9 Å². The van der Waals surface area contributed by atoms with Crippen molar-refractivity contribution >= 4 is 33.4 Å². The number of amidine groups is 1. The van der Waals surface area contributed by atoms with Crippen molar-refractivity contribution in [2.45, 2.75) is 44.8 Å². The van der Waals surface area contributed by atoms with Gasteiger partial charge in [0.2, 0.25) is 15.9 Å². The van der Waals surface area contributed by atoms with Gasteiger partial charge >= 0.3 is 6.18 Å². The Bertz CT molecular complexity index is 1490. The second kappa shape index (κ2) is 11.5. The van der Waals surface area contributed by atoms with E-state index in [0.717, 1.165) is 17.2 Å². The number of anilines is 1. The average molecular weight is 599 g/mol. The molecular weight excluding hydrogens is 568 g/mol. The molecule has 1 saturated heterocycles. The largest absolute Gasteiger partial charge is 0.419 e. The summed E-state index contributed by atoms with van der Waals surface area (Å²) in [4.78, 5) is 30.5. The molecule has 0 bridgehead atoms. The summed E-state index contributed by atoms with van der Waals surface area (Å²) in [5, 5.41) is 11.7. The fourth-order valence-electron chi connectivity index (χ4n) is 5.08. The first kappa shape index (κ1) is 30.6. The van der Waals surface area contributed by atoms with Crippen molar-refractivity contribution in [1.29, 1.82) is 0 Å². The first-order chi connectivity index (χ1) is 19.2. The van der Waals surface area contributed by atoms with E-state index in [9.17, 15) is 40.7 Å². The lowest BCUT2D eigenvalue weighted by atomic mass is 9.89. The van der Waals surface area contributed by atoms with Gasteiger partial charge in [0.05, 0.1) is 17.9 Å². The molecule has 9 nitrogen and oxygen atoms in total. The van der Waals surface area contributed by atoms with Crippen LogP contribution in [-0.2, 0) is 32.2 Å². The summed E-state index contributed by atoms with van der Waals surface area (Å²) >= 11 is 0. The summed E-state index contributed by atoms with van der Waals surface area (Å²) in [6.07, 6.45) is -4.64. The number of nitrogens with one attached hydrogen (secondary N) is 1. The Hall–Kier alpha value is -3.36. The molecule has 0 saturated carbocycles. The molecule has 14 heteroatoms. The monoisotopic (exact) mass is 598 g/mol. The van der Waals surface area contributed by atoms with Gasteiger partial charge in [-0.05, 0) is 67.6 Å². The number of aliphatic hydroxyl groups excluding tert-OH is 1. The zero-order chi connectivity index (χ0) is 30.2. The Morgan fingerprint density at radius 2 is 1.85 bits per heavy atom. The van der Waals surface area contributed by atoms with Crippen LogP contribution >= 0.6 is 0 Å².